The molecule has 2 aliphatic carbocycles. The second kappa shape index (κ2) is 12.2. The number of nitrogens with two attached hydrogens (primary N) is 1. The number of fused-ring (bicyclic) bond motifs is 1. The van der Waals surface area contributed by atoms with Crippen LogP contribution in [0.2, 0.25) is 0 Å². The van der Waals surface area contributed by atoms with Crippen LogP contribution in [0.3, 0.4) is 0 Å². The number of aromatic nitrogens is 6. The van der Waals surface area contributed by atoms with Gasteiger partial charge < -0.3 is 11.1 Å². The fourth-order valence-electron chi connectivity index (χ4n) is 5.71. The summed E-state index contributed by atoms with van der Waals surface area (Å²) in [6.45, 7) is -0.702. The highest BCUT2D eigenvalue weighted by Crippen LogP contribution is 2.45. The molecule has 2 atom stereocenters. The molecule has 45 heavy (non-hydrogen) atoms. The van der Waals surface area contributed by atoms with E-state index in [1.54, 1.807) is 6.07 Å². The molecule has 0 radical (unpaired) electrons. The quantitative estimate of drug-likeness (QED) is 0.273. The minimum absolute atomic E-state index is 0.00839. The van der Waals surface area contributed by atoms with Gasteiger partial charge in [-0.1, -0.05) is 0 Å². The molecule has 3 aromatic heterocycles. The van der Waals surface area contributed by atoms with Crippen LogP contribution in [0.5, 0.6) is 0 Å². The predicted octanol–water partition coefficient (Wildman–Crippen LogP) is 5.24. The maximum Gasteiger partial charge on any atom is 0.390 e. The van der Waals surface area contributed by atoms with Gasteiger partial charge in [0.2, 0.25) is 11.8 Å². The number of amides is 2. The standard InChI is InChI=1S/C27H30F8N8O2/c28-25(29)6-3-14(4-7-25)20(22-23(24(36)45)41-43(40-22)10-9-27(33,34)35)17-13-42-18(38-17)11-16(12-37-42)21(15-1-2-15)39-19(44)5-8-26(30,31)32/h11-15,20-21H,1-10H2,(H2,36,45)(H,39,44)/t20-,21?/m0/s1. The first-order chi connectivity index (χ1) is 21.0. The van der Waals surface area contributed by atoms with Crippen molar-refractivity contribution in [3.8, 4) is 0 Å². The highest BCUT2D eigenvalue weighted by atomic mass is 19.4. The van der Waals surface area contributed by atoms with Crippen molar-refractivity contribution in [2.75, 3.05) is 0 Å². The summed E-state index contributed by atoms with van der Waals surface area (Å²) in [5.41, 5.74) is 6.00. The van der Waals surface area contributed by atoms with Crippen molar-refractivity contribution in [2.45, 2.75) is 94.6 Å². The highest BCUT2D eigenvalue weighted by molar-refractivity contribution is 5.92. The van der Waals surface area contributed by atoms with Crippen LogP contribution in [0, 0.1) is 11.8 Å². The van der Waals surface area contributed by atoms with Gasteiger partial charge in [-0.15, -0.1) is 5.10 Å². The summed E-state index contributed by atoms with van der Waals surface area (Å²) in [6.07, 6.45) is -8.85. The number of nitrogens with one attached hydrogen (secondary N) is 1. The third-order valence-electron chi connectivity index (χ3n) is 8.12. The lowest BCUT2D eigenvalue weighted by molar-refractivity contribution is -0.144. The topological polar surface area (TPSA) is 133 Å². The average molecular weight is 651 g/mol. The van der Waals surface area contributed by atoms with E-state index < -0.39 is 92.3 Å². The zero-order valence-corrected chi connectivity index (χ0v) is 23.7. The van der Waals surface area contributed by atoms with Crippen molar-refractivity contribution in [1.29, 1.82) is 0 Å². The summed E-state index contributed by atoms with van der Waals surface area (Å²) in [6, 6.07) is 0.972. The van der Waals surface area contributed by atoms with Gasteiger partial charge in [-0.25, -0.2) is 18.3 Å². The molecule has 0 saturated heterocycles. The third-order valence-corrected chi connectivity index (χ3v) is 8.12. The van der Waals surface area contributed by atoms with Gasteiger partial charge in [0.25, 0.3) is 5.91 Å². The van der Waals surface area contributed by atoms with Gasteiger partial charge in [0.05, 0.1) is 49.4 Å². The van der Waals surface area contributed by atoms with Crippen LogP contribution in [-0.2, 0) is 11.3 Å². The molecule has 2 amide bonds. The molecular formula is C27H30F8N8O2. The van der Waals surface area contributed by atoms with Crippen molar-refractivity contribution >= 4 is 17.5 Å². The van der Waals surface area contributed by atoms with E-state index in [2.05, 4.69) is 25.6 Å². The molecule has 2 fully saturated rings. The number of primary amides is 1. The number of nitrogens with zero attached hydrogens (tertiary/aromatic N) is 6. The second-order valence-corrected chi connectivity index (χ2v) is 11.7. The number of rotatable bonds is 11. The first kappa shape index (κ1) is 32.5. The molecule has 10 nitrogen and oxygen atoms in total. The molecule has 0 aromatic carbocycles. The number of hydrogen-bond acceptors (Lipinski definition) is 6. The van der Waals surface area contributed by atoms with Crippen molar-refractivity contribution in [3.05, 3.63) is 41.1 Å². The predicted molar refractivity (Wildman–Crippen MR) is 140 cm³/mol. The van der Waals surface area contributed by atoms with Crippen LogP contribution in [-0.4, -0.2) is 59.7 Å². The van der Waals surface area contributed by atoms with Gasteiger partial charge in [0.15, 0.2) is 11.3 Å². The molecule has 2 aliphatic rings. The fraction of sp³-hybridized carbons (Fsp3) is 0.630. The summed E-state index contributed by atoms with van der Waals surface area (Å²) < 4.78 is 106. The molecule has 3 heterocycles. The van der Waals surface area contributed by atoms with Crippen LogP contribution in [0.4, 0.5) is 35.1 Å². The number of aryl methyl sites for hydroxylation is 1. The monoisotopic (exact) mass is 650 g/mol. The first-order valence-corrected chi connectivity index (χ1v) is 14.4. The summed E-state index contributed by atoms with van der Waals surface area (Å²) in [7, 11) is 0. The Kier molecular flexibility index (Phi) is 8.78. The first-order valence-electron chi connectivity index (χ1n) is 14.4. The largest absolute Gasteiger partial charge is 0.390 e. The summed E-state index contributed by atoms with van der Waals surface area (Å²) in [5, 5.41) is 15.0. The smallest absolute Gasteiger partial charge is 0.364 e. The lowest BCUT2D eigenvalue weighted by Crippen LogP contribution is -2.30. The van der Waals surface area contributed by atoms with Crippen molar-refractivity contribution in [2.24, 2.45) is 17.6 Å². The van der Waals surface area contributed by atoms with Crippen LogP contribution in [0.15, 0.2) is 18.5 Å². The molecule has 3 aromatic rings. The Morgan fingerprint density at radius 3 is 2.27 bits per heavy atom. The van der Waals surface area contributed by atoms with Crippen LogP contribution in [0.1, 0.15) is 97.2 Å². The van der Waals surface area contributed by atoms with Gasteiger partial charge in [-0.2, -0.15) is 41.3 Å². The van der Waals surface area contributed by atoms with Crippen molar-refractivity contribution in [1.82, 2.24) is 34.9 Å². The molecule has 0 spiro atoms. The van der Waals surface area contributed by atoms with Crippen molar-refractivity contribution < 1.29 is 44.7 Å². The molecule has 0 aliphatic heterocycles. The molecule has 1 unspecified atom stereocenters. The number of alkyl halides is 8. The van der Waals surface area contributed by atoms with E-state index in [-0.39, 0.29) is 35.8 Å². The van der Waals surface area contributed by atoms with E-state index in [0.717, 1.165) is 12.8 Å². The number of carbonyl (C=O) groups is 2. The van der Waals surface area contributed by atoms with Crippen LogP contribution >= 0.6 is 0 Å². The third kappa shape index (κ3) is 8.25. The summed E-state index contributed by atoms with van der Waals surface area (Å²) >= 11 is 0. The number of imidazole rings is 1. The highest BCUT2D eigenvalue weighted by Gasteiger charge is 2.42. The molecule has 5 rings (SSSR count). The number of halogens is 8. The molecule has 0 bridgehead atoms. The van der Waals surface area contributed by atoms with E-state index >= 15 is 0 Å². The van der Waals surface area contributed by atoms with Crippen LogP contribution < -0.4 is 11.1 Å². The van der Waals surface area contributed by atoms with Gasteiger partial charge in [-0.3, -0.25) is 9.59 Å². The normalized spacial score (nSPS) is 19.0. The Labute approximate surface area is 250 Å². The SMILES string of the molecule is NC(=O)c1nn(CCC(F)(F)F)nc1[C@H](c1cn2ncc(C(NC(=O)CCC(F)(F)F)C3CC3)cc2n1)C1CCC(F)(F)CC1. The van der Waals surface area contributed by atoms with E-state index in [1.807, 2.05) is 0 Å². The second-order valence-electron chi connectivity index (χ2n) is 11.7. The minimum Gasteiger partial charge on any atom is -0.364 e. The van der Waals surface area contributed by atoms with E-state index in [4.69, 9.17) is 5.73 Å². The maximum absolute atomic E-state index is 14.1. The summed E-state index contributed by atoms with van der Waals surface area (Å²) in [4.78, 5) is 30.0. The Morgan fingerprint density at radius 2 is 1.67 bits per heavy atom. The minimum atomic E-state index is -4.53. The van der Waals surface area contributed by atoms with E-state index in [9.17, 15) is 44.7 Å². The van der Waals surface area contributed by atoms with Gasteiger partial charge in [0.1, 0.15) is 5.69 Å². The molecule has 18 heteroatoms. The lowest BCUT2D eigenvalue weighted by Gasteiger charge is -2.32. The zero-order valence-electron chi connectivity index (χ0n) is 23.7. The zero-order chi connectivity index (χ0) is 32.7. The Balaban J connectivity index is 1.48. The van der Waals surface area contributed by atoms with Crippen LogP contribution in [0.25, 0.3) is 5.65 Å². The molecule has 246 valence electrons. The van der Waals surface area contributed by atoms with Crippen molar-refractivity contribution in [3.63, 3.8) is 0 Å². The lowest BCUT2D eigenvalue weighted by atomic mass is 9.75. The Bertz CT molecular complexity index is 1540. The van der Waals surface area contributed by atoms with Gasteiger partial charge in [-0.05, 0) is 49.1 Å². The van der Waals surface area contributed by atoms with Gasteiger partial charge >= 0.3 is 12.4 Å². The molecule has 3 N–H and O–H groups in total. The fourth-order valence-corrected chi connectivity index (χ4v) is 5.71. The molecular weight excluding hydrogens is 620 g/mol. The van der Waals surface area contributed by atoms with E-state index in [0.29, 0.717) is 10.4 Å². The average Bonchev–Trinajstić information content (AvgIpc) is 3.55. The van der Waals surface area contributed by atoms with Gasteiger partial charge in [0, 0.05) is 19.3 Å². The number of hydrogen-bond donors (Lipinski definition) is 2. The summed E-state index contributed by atoms with van der Waals surface area (Å²) in [5.74, 6) is -6.25. The number of carbonyl (C=O) groups excluding carboxylic acids is 2. The Morgan fingerprint density at radius 1 is 1.00 bits per heavy atom. The maximum atomic E-state index is 14.1. The molecule has 2 saturated carbocycles. The Hall–Kier alpha value is -3.86. The van der Waals surface area contributed by atoms with E-state index in [1.165, 1.54) is 16.9 Å².